The predicted octanol–water partition coefficient (Wildman–Crippen LogP) is 4.99. The van der Waals surface area contributed by atoms with Crippen molar-refractivity contribution >= 4 is 27.4 Å². The number of sulfonamides is 1. The Morgan fingerprint density at radius 3 is 2.51 bits per heavy atom. The van der Waals surface area contributed by atoms with Crippen LogP contribution in [-0.2, 0) is 16.2 Å². The second kappa shape index (κ2) is 10.8. The molecule has 0 spiro atoms. The van der Waals surface area contributed by atoms with Gasteiger partial charge in [0.25, 0.3) is 10.0 Å². The molecule has 0 amide bonds. The summed E-state index contributed by atoms with van der Waals surface area (Å²) in [5, 5.41) is -0.318. The summed E-state index contributed by atoms with van der Waals surface area (Å²) >= 11 is 5.79. The summed E-state index contributed by atoms with van der Waals surface area (Å²) < 4.78 is 73.7. The first-order valence-corrected chi connectivity index (χ1v) is 13.2. The fraction of sp³-hybridized carbons (Fsp3) is 0.375. The SMILES string of the molecule is CN(C)C1CC(c2ccc(Cl)c(C(F)(F)F)c2)CCC1Oc1ccc(S(=O)(=O)Nc2ccncn2)cn1. The van der Waals surface area contributed by atoms with Gasteiger partial charge < -0.3 is 9.64 Å². The van der Waals surface area contributed by atoms with Crippen molar-refractivity contribution in [3.63, 3.8) is 0 Å². The van der Waals surface area contributed by atoms with Crippen molar-refractivity contribution in [1.82, 2.24) is 19.9 Å². The van der Waals surface area contributed by atoms with Crippen molar-refractivity contribution in [3.8, 4) is 5.88 Å². The number of nitrogens with one attached hydrogen (secondary N) is 1. The third kappa shape index (κ3) is 6.49. The molecule has 1 N–H and O–H groups in total. The number of ether oxygens (including phenoxy) is 1. The van der Waals surface area contributed by atoms with Crippen LogP contribution >= 0.6 is 11.6 Å². The minimum atomic E-state index is -4.52. The van der Waals surface area contributed by atoms with Gasteiger partial charge in [0.1, 0.15) is 23.1 Å². The molecule has 1 aliphatic carbocycles. The number of anilines is 1. The Bertz CT molecular complexity index is 1330. The number of halogens is 4. The van der Waals surface area contributed by atoms with E-state index in [0.29, 0.717) is 24.8 Å². The van der Waals surface area contributed by atoms with Crippen LogP contribution in [0.5, 0.6) is 5.88 Å². The third-order valence-corrected chi connectivity index (χ3v) is 7.97. The van der Waals surface area contributed by atoms with Gasteiger partial charge in [0.05, 0.1) is 16.8 Å². The summed E-state index contributed by atoms with van der Waals surface area (Å²) in [5.41, 5.74) is -0.245. The molecule has 0 aliphatic heterocycles. The average molecular weight is 556 g/mol. The number of pyridine rings is 1. The van der Waals surface area contributed by atoms with Crippen molar-refractivity contribution in [2.24, 2.45) is 0 Å². The number of hydrogen-bond acceptors (Lipinski definition) is 7. The van der Waals surface area contributed by atoms with Crippen molar-refractivity contribution in [2.75, 3.05) is 18.8 Å². The molecule has 1 aliphatic rings. The highest BCUT2D eigenvalue weighted by Gasteiger charge is 2.37. The lowest BCUT2D eigenvalue weighted by atomic mass is 9.79. The number of hydrogen-bond donors (Lipinski definition) is 1. The molecule has 0 bridgehead atoms. The zero-order chi connectivity index (χ0) is 26.8. The maximum absolute atomic E-state index is 13.3. The van der Waals surface area contributed by atoms with Crippen molar-refractivity contribution in [1.29, 1.82) is 0 Å². The lowest BCUT2D eigenvalue weighted by molar-refractivity contribution is -0.137. The molecule has 37 heavy (non-hydrogen) atoms. The molecular weight excluding hydrogens is 531 g/mol. The molecule has 8 nitrogen and oxygen atoms in total. The first kappa shape index (κ1) is 27.1. The average Bonchev–Trinajstić information content (AvgIpc) is 2.84. The summed E-state index contributed by atoms with van der Waals surface area (Å²) in [4.78, 5) is 13.7. The zero-order valence-corrected chi connectivity index (χ0v) is 21.6. The molecule has 2 heterocycles. The van der Waals surface area contributed by atoms with Crippen LogP contribution in [0.4, 0.5) is 19.0 Å². The van der Waals surface area contributed by atoms with E-state index in [0.717, 1.165) is 6.07 Å². The van der Waals surface area contributed by atoms with E-state index in [1.807, 2.05) is 19.0 Å². The molecule has 198 valence electrons. The van der Waals surface area contributed by atoms with Crippen LogP contribution in [0, 0.1) is 0 Å². The summed E-state index contributed by atoms with van der Waals surface area (Å²) in [5.74, 6) is 0.282. The number of likely N-dealkylation sites (N-methyl/N-ethyl adjacent to an activating group) is 1. The largest absolute Gasteiger partial charge is 0.473 e. The number of rotatable bonds is 7. The number of nitrogens with zero attached hydrogens (tertiary/aromatic N) is 4. The molecule has 1 aromatic carbocycles. The second-order valence-electron chi connectivity index (χ2n) is 8.97. The van der Waals surface area contributed by atoms with E-state index >= 15 is 0 Å². The van der Waals surface area contributed by atoms with Crippen LogP contribution in [0.1, 0.15) is 36.3 Å². The molecule has 1 fully saturated rings. The highest BCUT2D eigenvalue weighted by molar-refractivity contribution is 7.92. The van der Waals surface area contributed by atoms with E-state index in [9.17, 15) is 21.6 Å². The highest BCUT2D eigenvalue weighted by Crippen LogP contribution is 2.41. The molecule has 3 unspecified atom stereocenters. The smallest absolute Gasteiger partial charge is 0.417 e. The first-order chi connectivity index (χ1) is 17.4. The van der Waals surface area contributed by atoms with Gasteiger partial charge in [-0.15, -0.1) is 0 Å². The number of benzene rings is 1. The van der Waals surface area contributed by atoms with Gasteiger partial charge in [0.2, 0.25) is 5.88 Å². The number of aromatic nitrogens is 3. The fourth-order valence-corrected chi connectivity index (χ4v) is 5.59. The molecule has 3 atom stereocenters. The summed E-state index contributed by atoms with van der Waals surface area (Å²) in [6.45, 7) is 0. The molecule has 13 heteroatoms. The van der Waals surface area contributed by atoms with Gasteiger partial charge in [0.15, 0.2) is 0 Å². The van der Waals surface area contributed by atoms with Crippen LogP contribution in [0.25, 0.3) is 0 Å². The topological polar surface area (TPSA) is 97.3 Å². The lowest BCUT2D eigenvalue weighted by Gasteiger charge is -2.39. The van der Waals surface area contributed by atoms with E-state index < -0.39 is 21.8 Å². The molecule has 0 saturated heterocycles. The Balaban J connectivity index is 1.46. The fourth-order valence-electron chi connectivity index (χ4n) is 4.41. The standard InChI is InChI=1S/C24H25ClF3N5O3S/c1-33(2)20-12-16(15-3-6-19(25)18(11-15)24(26,27)28)4-7-21(20)36-23-8-5-17(13-30-23)37(34,35)32-22-9-10-29-14-31-22/h3,5-6,8-11,13-14,16,20-21H,4,7,12H2,1-2H3,(H,29,31,32). The Hall–Kier alpha value is -2.96. The molecule has 3 aromatic rings. The van der Waals surface area contributed by atoms with Crippen LogP contribution in [0.15, 0.2) is 60.0 Å². The first-order valence-electron chi connectivity index (χ1n) is 11.4. The van der Waals surface area contributed by atoms with Crippen LogP contribution < -0.4 is 9.46 Å². The second-order valence-corrected chi connectivity index (χ2v) is 11.1. The maximum Gasteiger partial charge on any atom is 0.417 e. The van der Waals surface area contributed by atoms with Gasteiger partial charge in [-0.1, -0.05) is 17.7 Å². The van der Waals surface area contributed by atoms with E-state index in [2.05, 4.69) is 19.7 Å². The van der Waals surface area contributed by atoms with Crippen molar-refractivity contribution < 1.29 is 26.3 Å². The summed E-state index contributed by atoms with van der Waals surface area (Å²) in [6, 6.07) is 8.26. The van der Waals surface area contributed by atoms with Gasteiger partial charge in [-0.25, -0.2) is 23.4 Å². The molecule has 2 aromatic heterocycles. The Morgan fingerprint density at radius 1 is 1.11 bits per heavy atom. The lowest BCUT2D eigenvalue weighted by Crippen LogP contribution is -2.46. The Labute approximate surface area is 217 Å². The van der Waals surface area contributed by atoms with E-state index in [1.54, 1.807) is 6.07 Å². The third-order valence-electron chi connectivity index (χ3n) is 6.30. The molecular formula is C24H25ClF3N5O3S. The van der Waals surface area contributed by atoms with Crippen molar-refractivity contribution in [3.05, 3.63) is 71.3 Å². The van der Waals surface area contributed by atoms with Gasteiger partial charge in [0, 0.05) is 18.3 Å². The minimum absolute atomic E-state index is 0.0606. The molecule has 4 rings (SSSR count). The molecule has 0 radical (unpaired) electrons. The normalized spacial score (nSPS) is 20.6. The zero-order valence-electron chi connectivity index (χ0n) is 20.0. The van der Waals surface area contributed by atoms with Gasteiger partial charge in [-0.05, 0) is 69.1 Å². The van der Waals surface area contributed by atoms with Crippen LogP contribution in [0.2, 0.25) is 5.02 Å². The van der Waals surface area contributed by atoms with E-state index in [4.69, 9.17) is 16.3 Å². The molecule has 1 saturated carbocycles. The minimum Gasteiger partial charge on any atom is -0.473 e. The van der Waals surface area contributed by atoms with E-state index in [-0.39, 0.29) is 39.7 Å². The quantitative estimate of drug-likeness (QED) is 0.438. The summed E-state index contributed by atoms with van der Waals surface area (Å²) in [7, 11) is -0.132. The van der Waals surface area contributed by atoms with Gasteiger partial charge in [-0.3, -0.25) is 4.72 Å². The Kier molecular flexibility index (Phi) is 7.91. The van der Waals surface area contributed by atoms with Crippen molar-refractivity contribution in [2.45, 2.75) is 48.4 Å². The Morgan fingerprint density at radius 2 is 1.89 bits per heavy atom. The predicted molar refractivity (Wildman–Crippen MR) is 132 cm³/mol. The summed E-state index contributed by atoms with van der Waals surface area (Å²) in [6.07, 6.45) is 0.799. The van der Waals surface area contributed by atoms with Gasteiger partial charge >= 0.3 is 6.18 Å². The van der Waals surface area contributed by atoms with Crippen LogP contribution in [0.3, 0.4) is 0 Å². The van der Waals surface area contributed by atoms with Crippen LogP contribution in [-0.4, -0.2) is 54.5 Å². The number of alkyl halides is 3. The maximum atomic E-state index is 13.3. The van der Waals surface area contributed by atoms with Gasteiger partial charge in [-0.2, -0.15) is 13.2 Å². The van der Waals surface area contributed by atoms with E-state index in [1.165, 1.54) is 43.0 Å². The monoisotopic (exact) mass is 555 g/mol. The highest BCUT2D eigenvalue weighted by atomic mass is 35.5.